The number of hydrogen-bond acceptors (Lipinski definition) is 6. The molecule has 1 aliphatic heterocycles. The summed E-state index contributed by atoms with van der Waals surface area (Å²) in [6.07, 6.45) is 0.815. The van der Waals surface area contributed by atoms with Crippen LogP contribution >= 0.6 is 24.2 Å². The standard InChI is InChI=1S/C15H24N4O3S.ClH/c1-10-6-12(18-22-10)17-13(20)7-23-8-14(21)19-5-4-11(16)15(2,3)9-19;/h6,11H,4-5,7-9,16H2,1-3H3,(H,17,18,20);1H. The fourth-order valence-corrected chi connectivity index (χ4v) is 3.23. The minimum atomic E-state index is -0.197. The maximum Gasteiger partial charge on any atom is 0.235 e. The average Bonchev–Trinajstić information content (AvgIpc) is 2.86. The molecule has 9 heteroatoms. The molecule has 1 unspecified atom stereocenters. The number of aryl methyl sites for hydroxylation is 1. The zero-order valence-corrected chi connectivity index (χ0v) is 15.8. The minimum absolute atomic E-state index is 0. The van der Waals surface area contributed by atoms with E-state index in [2.05, 4.69) is 24.3 Å². The van der Waals surface area contributed by atoms with Crippen LogP contribution in [0.5, 0.6) is 0 Å². The summed E-state index contributed by atoms with van der Waals surface area (Å²) in [6.45, 7) is 7.27. The fourth-order valence-electron chi connectivity index (χ4n) is 2.51. The van der Waals surface area contributed by atoms with Gasteiger partial charge in [-0.25, -0.2) is 0 Å². The Morgan fingerprint density at radius 1 is 1.50 bits per heavy atom. The molecule has 0 spiro atoms. The van der Waals surface area contributed by atoms with Crippen LogP contribution in [-0.2, 0) is 9.59 Å². The second-order valence-corrected chi connectivity index (χ2v) is 7.55. The highest BCUT2D eigenvalue weighted by Gasteiger charge is 2.35. The number of halogens is 1. The van der Waals surface area contributed by atoms with Crippen LogP contribution in [0.1, 0.15) is 26.0 Å². The summed E-state index contributed by atoms with van der Waals surface area (Å²) < 4.78 is 4.87. The lowest BCUT2D eigenvalue weighted by molar-refractivity contribution is -0.131. The Hall–Kier alpha value is -1.25. The van der Waals surface area contributed by atoms with Gasteiger partial charge in [-0.05, 0) is 18.8 Å². The SMILES string of the molecule is Cc1cc(NC(=O)CSCC(=O)N2CCC(N)C(C)(C)C2)no1.Cl. The van der Waals surface area contributed by atoms with Gasteiger partial charge in [0.05, 0.1) is 11.5 Å². The molecule has 1 aromatic rings. The van der Waals surface area contributed by atoms with Crippen molar-refractivity contribution in [2.45, 2.75) is 33.2 Å². The molecular formula is C15H25ClN4O3S. The highest BCUT2D eigenvalue weighted by atomic mass is 35.5. The topological polar surface area (TPSA) is 101 Å². The third-order valence-corrected chi connectivity index (χ3v) is 4.94. The number of rotatable bonds is 5. The van der Waals surface area contributed by atoms with Crippen LogP contribution in [0.3, 0.4) is 0 Å². The molecule has 1 aliphatic rings. The van der Waals surface area contributed by atoms with Gasteiger partial charge in [0, 0.05) is 25.2 Å². The van der Waals surface area contributed by atoms with E-state index in [9.17, 15) is 9.59 Å². The van der Waals surface area contributed by atoms with E-state index in [-0.39, 0.29) is 47.2 Å². The number of likely N-dealkylation sites (tertiary alicyclic amines) is 1. The van der Waals surface area contributed by atoms with Crippen molar-refractivity contribution >= 4 is 41.8 Å². The zero-order valence-electron chi connectivity index (χ0n) is 14.2. The summed E-state index contributed by atoms with van der Waals surface area (Å²) in [5, 5.41) is 6.32. The molecule has 0 aliphatic carbocycles. The van der Waals surface area contributed by atoms with Gasteiger partial charge in [0.15, 0.2) is 5.82 Å². The fraction of sp³-hybridized carbons (Fsp3) is 0.667. The van der Waals surface area contributed by atoms with E-state index in [1.54, 1.807) is 13.0 Å². The molecule has 1 saturated heterocycles. The lowest BCUT2D eigenvalue weighted by Crippen LogP contribution is -2.54. The van der Waals surface area contributed by atoms with E-state index >= 15 is 0 Å². The van der Waals surface area contributed by atoms with Gasteiger partial charge in [-0.15, -0.1) is 24.2 Å². The highest BCUT2D eigenvalue weighted by Crippen LogP contribution is 2.28. The summed E-state index contributed by atoms with van der Waals surface area (Å²) in [4.78, 5) is 25.9. The summed E-state index contributed by atoms with van der Waals surface area (Å²) in [5.41, 5.74) is 6.01. The Morgan fingerprint density at radius 3 is 2.79 bits per heavy atom. The number of nitrogens with zero attached hydrogens (tertiary/aromatic N) is 2. The van der Waals surface area contributed by atoms with Crippen LogP contribution in [0.2, 0.25) is 0 Å². The van der Waals surface area contributed by atoms with Crippen LogP contribution in [0, 0.1) is 12.3 Å². The van der Waals surface area contributed by atoms with Crippen molar-refractivity contribution < 1.29 is 14.1 Å². The van der Waals surface area contributed by atoms with Crippen LogP contribution < -0.4 is 11.1 Å². The Kier molecular flexibility index (Phi) is 7.56. The highest BCUT2D eigenvalue weighted by molar-refractivity contribution is 8.00. The van der Waals surface area contributed by atoms with Crippen molar-refractivity contribution in [3.8, 4) is 0 Å². The smallest absolute Gasteiger partial charge is 0.235 e. The molecule has 136 valence electrons. The Morgan fingerprint density at radius 2 is 2.21 bits per heavy atom. The van der Waals surface area contributed by atoms with Gasteiger partial charge >= 0.3 is 0 Å². The van der Waals surface area contributed by atoms with E-state index in [1.165, 1.54) is 11.8 Å². The summed E-state index contributed by atoms with van der Waals surface area (Å²) >= 11 is 1.30. The largest absolute Gasteiger partial charge is 0.360 e. The molecule has 0 radical (unpaired) electrons. The summed E-state index contributed by atoms with van der Waals surface area (Å²) in [7, 11) is 0. The van der Waals surface area contributed by atoms with Gasteiger partial charge in [-0.3, -0.25) is 9.59 Å². The van der Waals surface area contributed by atoms with E-state index in [4.69, 9.17) is 10.3 Å². The van der Waals surface area contributed by atoms with Crippen molar-refractivity contribution in [1.82, 2.24) is 10.1 Å². The first-order valence-electron chi connectivity index (χ1n) is 7.62. The van der Waals surface area contributed by atoms with E-state index < -0.39 is 0 Å². The Labute approximate surface area is 152 Å². The molecule has 0 aromatic carbocycles. The molecular weight excluding hydrogens is 352 g/mol. The number of nitrogens with one attached hydrogen (secondary N) is 1. The molecule has 2 heterocycles. The molecule has 1 aromatic heterocycles. The van der Waals surface area contributed by atoms with Crippen molar-refractivity contribution in [2.75, 3.05) is 29.9 Å². The maximum atomic E-state index is 12.2. The van der Waals surface area contributed by atoms with Crippen LogP contribution in [0.25, 0.3) is 0 Å². The lowest BCUT2D eigenvalue weighted by atomic mass is 9.80. The molecule has 1 atom stereocenters. The van der Waals surface area contributed by atoms with Crippen molar-refractivity contribution in [3.63, 3.8) is 0 Å². The van der Waals surface area contributed by atoms with E-state index in [0.29, 0.717) is 24.7 Å². The Balaban J connectivity index is 0.00000288. The number of anilines is 1. The van der Waals surface area contributed by atoms with Gasteiger partial charge in [0.2, 0.25) is 11.8 Å². The molecule has 3 N–H and O–H groups in total. The van der Waals surface area contributed by atoms with Crippen LogP contribution in [0.15, 0.2) is 10.6 Å². The van der Waals surface area contributed by atoms with Gasteiger partial charge in [0.25, 0.3) is 0 Å². The predicted molar refractivity (Wildman–Crippen MR) is 97.4 cm³/mol. The lowest BCUT2D eigenvalue weighted by Gasteiger charge is -2.42. The molecule has 1 fully saturated rings. The van der Waals surface area contributed by atoms with Gasteiger partial charge in [-0.1, -0.05) is 19.0 Å². The van der Waals surface area contributed by atoms with Crippen LogP contribution in [0.4, 0.5) is 5.82 Å². The zero-order chi connectivity index (χ0) is 17.0. The number of amides is 2. The second-order valence-electron chi connectivity index (χ2n) is 6.56. The Bertz CT molecular complexity index is 579. The summed E-state index contributed by atoms with van der Waals surface area (Å²) in [6, 6.07) is 1.77. The second kappa shape index (κ2) is 8.73. The van der Waals surface area contributed by atoms with Gasteiger partial charge in [0.1, 0.15) is 5.76 Å². The number of carbonyl (C=O) groups is 2. The molecule has 7 nitrogen and oxygen atoms in total. The summed E-state index contributed by atoms with van der Waals surface area (Å²) in [5.74, 6) is 1.38. The van der Waals surface area contributed by atoms with E-state index in [0.717, 1.165) is 6.42 Å². The first-order chi connectivity index (χ1) is 10.8. The molecule has 2 amide bonds. The van der Waals surface area contributed by atoms with Crippen molar-refractivity contribution in [2.24, 2.45) is 11.1 Å². The number of thioether (sulfide) groups is 1. The third kappa shape index (κ3) is 5.68. The molecule has 24 heavy (non-hydrogen) atoms. The first-order valence-corrected chi connectivity index (χ1v) is 8.77. The van der Waals surface area contributed by atoms with Gasteiger partial charge in [-0.2, -0.15) is 0 Å². The first kappa shape index (κ1) is 20.8. The predicted octanol–water partition coefficient (Wildman–Crippen LogP) is 1.66. The maximum absolute atomic E-state index is 12.2. The molecule has 2 rings (SSSR count). The number of nitrogens with two attached hydrogens (primary N) is 1. The number of piperidine rings is 1. The minimum Gasteiger partial charge on any atom is -0.360 e. The number of aromatic nitrogens is 1. The molecule has 0 saturated carbocycles. The normalized spacial score (nSPS) is 19.5. The average molecular weight is 377 g/mol. The van der Waals surface area contributed by atoms with Crippen molar-refractivity contribution in [3.05, 3.63) is 11.8 Å². The van der Waals surface area contributed by atoms with Crippen molar-refractivity contribution in [1.29, 1.82) is 0 Å². The van der Waals surface area contributed by atoms with E-state index in [1.807, 2.05) is 4.90 Å². The quantitative estimate of drug-likeness (QED) is 0.810. The van der Waals surface area contributed by atoms with Crippen LogP contribution in [-0.4, -0.2) is 52.5 Å². The third-order valence-electron chi connectivity index (χ3n) is 4.02. The molecule has 0 bridgehead atoms. The number of hydrogen-bond donors (Lipinski definition) is 2. The number of carbonyl (C=O) groups excluding carboxylic acids is 2. The monoisotopic (exact) mass is 376 g/mol. The van der Waals surface area contributed by atoms with Gasteiger partial charge < -0.3 is 20.5 Å².